The fraction of sp³-hybridized carbons (Fsp3) is 0.500. The summed E-state index contributed by atoms with van der Waals surface area (Å²) in [6, 6.07) is 0. The van der Waals surface area contributed by atoms with Crippen molar-refractivity contribution in [1.82, 2.24) is 39.9 Å². The van der Waals surface area contributed by atoms with Gasteiger partial charge in [0.2, 0.25) is 17.7 Å². The quantitative estimate of drug-likeness (QED) is 0.408. The van der Waals surface area contributed by atoms with E-state index in [0.29, 0.717) is 31.3 Å². The van der Waals surface area contributed by atoms with Crippen molar-refractivity contribution in [3.63, 3.8) is 0 Å². The molecule has 0 aromatic rings. The van der Waals surface area contributed by atoms with Gasteiger partial charge >= 0.3 is 0 Å². The zero-order valence-electron chi connectivity index (χ0n) is 30.0. The number of hydroxylamine groups is 4. The average Bonchev–Trinajstić information content (AvgIpc) is 3.68. The molecule has 0 atom stereocenters. The van der Waals surface area contributed by atoms with Gasteiger partial charge in [0.25, 0.3) is 0 Å². The van der Waals surface area contributed by atoms with E-state index in [-0.39, 0.29) is 17.7 Å². The number of allylic oxidation sites excluding steroid dienone is 2. The number of carbonyl (C=O) groups is 3. The molecule has 0 saturated carbocycles. The van der Waals surface area contributed by atoms with Crippen LogP contribution in [0.15, 0.2) is 79.4 Å². The molecule has 15 nitrogen and oxygen atoms in total. The van der Waals surface area contributed by atoms with Gasteiger partial charge in [-0.2, -0.15) is 0 Å². The number of imide groups is 1. The molecule has 49 heavy (non-hydrogen) atoms. The molecular weight excluding hydrogens is 628 g/mol. The summed E-state index contributed by atoms with van der Waals surface area (Å²) in [5, 5.41) is 6.44. The van der Waals surface area contributed by atoms with Gasteiger partial charge in [-0.15, -0.1) is 0 Å². The molecule has 0 bridgehead atoms. The summed E-state index contributed by atoms with van der Waals surface area (Å²) < 4.78 is 0. The number of aliphatic imine (C=N–C) groups is 2. The smallest absolute Gasteiger partial charge is 0.230 e. The summed E-state index contributed by atoms with van der Waals surface area (Å²) >= 11 is 0. The molecule has 0 saturated heterocycles. The van der Waals surface area contributed by atoms with Crippen LogP contribution in [-0.4, -0.2) is 119 Å². The predicted octanol–water partition coefficient (Wildman–Crippen LogP) is 2.97. The van der Waals surface area contributed by atoms with Crippen molar-refractivity contribution in [3.8, 4) is 0 Å². The lowest BCUT2D eigenvalue weighted by atomic mass is 10.0. The Bertz CT molecular complexity index is 1640. The average molecular weight is 677 g/mol. The molecule has 6 heterocycles. The highest BCUT2D eigenvalue weighted by Crippen LogP contribution is 2.39. The van der Waals surface area contributed by atoms with Crippen LogP contribution in [-0.2, 0) is 24.1 Å². The van der Waals surface area contributed by atoms with Crippen LogP contribution in [0.5, 0.6) is 0 Å². The van der Waals surface area contributed by atoms with Crippen LogP contribution >= 0.6 is 0 Å². The van der Waals surface area contributed by atoms with E-state index in [0.717, 1.165) is 78.1 Å². The molecule has 0 aliphatic carbocycles. The van der Waals surface area contributed by atoms with Crippen LogP contribution in [0.25, 0.3) is 0 Å². The van der Waals surface area contributed by atoms with Crippen LogP contribution in [0.3, 0.4) is 0 Å². The molecule has 0 spiro atoms. The van der Waals surface area contributed by atoms with Gasteiger partial charge in [0, 0.05) is 47.0 Å². The van der Waals surface area contributed by atoms with Crippen LogP contribution in [0, 0.1) is 0 Å². The molecule has 0 aromatic carbocycles. The lowest BCUT2D eigenvalue weighted by Crippen LogP contribution is -2.45. The molecule has 6 aliphatic heterocycles. The highest BCUT2D eigenvalue weighted by Gasteiger charge is 2.39. The molecule has 6 rings (SSSR count). The summed E-state index contributed by atoms with van der Waals surface area (Å²) in [7, 11) is 3.27. The normalized spacial score (nSPS) is 19.4. The van der Waals surface area contributed by atoms with Crippen molar-refractivity contribution >= 4 is 30.2 Å². The van der Waals surface area contributed by atoms with Crippen LogP contribution in [0.1, 0.15) is 61.3 Å². The first-order valence-electron chi connectivity index (χ1n) is 16.6. The van der Waals surface area contributed by atoms with Gasteiger partial charge in [-0.1, -0.05) is 13.8 Å². The summed E-state index contributed by atoms with van der Waals surface area (Å²) in [6.45, 7) is 17.0. The van der Waals surface area contributed by atoms with Crippen molar-refractivity contribution in [2.24, 2.45) is 9.98 Å². The van der Waals surface area contributed by atoms with E-state index in [2.05, 4.69) is 48.7 Å². The van der Waals surface area contributed by atoms with E-state index in [1.807, 2.05) is 32.5 Å². The number of rotatable bonds is 8. The Morgan fingerprint density at radius 2 is 1.24 bits per heavy atom. The first-order valence-corrected chi connectivity index (χ1v) is 16.6. The van der Waals surface area contributed by atoms with Crippen molar-refractivity contribution in [1.29, 1.82) is 0 Å². The third kappa shape index (κ3) is 6.85. The minimum absolute atomic E-state index is 0.0772. The Balaban J connectivity index is 0.000000192. The number of carbonyl (C=O) groups excluding carboxylic acids is 3. The van der Waals surface area contributed by atoms with Crippen molar-refractivity contribution in [3.05, 3.63) is 69.4 Å². The topological polar surface area (TPSA) is 129 Å². The molecule has 6 aliphatic rings. The van der Waals surface area contributed by atoms with Gasteiger partial charge < -0.3 is 24.9 Å². The second-order valence-electron chi connectivity index (χ2n) is 12.5. The summed E-state index contributed by atoms with van der Waals surface area (Å²) in [5.74, 6) is 1.26. The highest BCUT2D eigenvalue weighted by molar-refractivity contribution is 5.96. The summed E-state index contributed by atoms with van der Waals surface area (Å²) in [6.07, 6.45) is 9.41. The molecule has 3 amide bonds. The van der Waals surface area contributed by atoms with Gasteiger partial charge in [0.15, 0.2) is 0 Å². The van der Waals surface area contributed by atoms with Gasteiger partial charge in [0.05, 0.1) is 61.8 Å². The standard InChI is InChI=1S/C18H25N5O3.C16H23N5O2/c1-6-7-20-9-12(2)17(23(13(3)24)14(4)25)16-18(20)22-11-21(26-5)10-15(22)8-19-16;1-5-6-19-8-11(2)14(18-12(3)22)15-16(19)21-10-20(23-4)9-13(21)7-17-15/h8,10H,6-7,9,11H2,1-5H3;7,9H,5-6,8,10H2,1-4H3,(H,18,22). The van der Waals surface area contributed by atoms with E-state index >= 15 is 0 Å². The minimum atomic E-state index is -0.306. The molecule has 0 aromatic heterocycles. The highest BCUT2D eigenvalue weighted by atomic mass is 16.7. The maximum Gasteiger partial charge on any atom is 0.230 e. The molecule has 1 N–H and O–H groups in total. The van der Waals surface area contributed by atoms with E-state index < -0.39 is 0 Å². The maximum absolute atomic E-state index is 12.2. The zero-order valence-corrected chi connectivity index (χ0v) is 30.0. The number of nitrogens with zero attached hydrogens (tertiary/aromatic N) is 9. The largest absolute Gasteiger partial charge is 0.352 e. The van der Waals surface area contributed by atoms with E-state index in [1.165, 1.54) is 25.7 Å². The fourth-order valence-corrected chi connectivity index (χ4v) is 6.75. The van der Waals surface area contributed by atoms with E-state index in [9.17, 15) is 14.4 Å². The molecule has 0 radical (unpaired) electrons. The SMILES string of the molecule is CCCN1CC(C)=C(N(C(C)=O)C(C)=O)C2=C1N1CN(OC)C=C1C=N2.CCCN1CC(C)=C(NC(C)=O)C2=C1N1CN(OC)C=C1C=N2. The number of hydrogen-bond donors (Lipinski definition) is 1. The maximum atomic E-state index is 12.2. The molecular formula is C34H48N10O5. The van der Waals surface area contributed by atoms with Crippen molar-refractivity contribution < 1.29 is 24.1 Å². The Kier molecular flexibility index (Phi) is 10.6. The second-order valence-corrected chi connectivity index (χ2v) is 12.5. The zero-order chi connectivity index (χ0) is 35.6. The predicted molar refractivity (Wildman–Crippen MR) is 184 cm³/mol. The summed E-state index contributed by atoms with van der Waals surface area (Å²) in [5.41, 5.74) is 6.89. The van der Waals surface area contributed by atoms with E-state index in [4.69, 9.17) is 9.68 Å². The van der Waals surface area contributed by atoms with Gasteiger partial charge in [0.1, 0.15) is 36.4 Å². The third-order valence-electron chi connectivity index (χ3n) is 8.68. The van der Waals surface area contributed by atoms with E-state index in [1.54, 1.807) is 30.6 Å². The Morgan fingerprint density at radius 3 is 1.69 bits per heavy atom. The summed E-state index contributed by atoms with van der Waals surface area (Å²) in [4.78, 5) is 65.9. The van der Waals surface area contributed by atoms with Crippen LogP contribution in [0.2, 0.25) is 0 Å². The molecule has 15 heteroatoms. The van der Waals surface area contributed by atoms with Crippen LogP contribution < -0.4 is 5.32 Å². The third-order valence-corrected chi connectivity index (χ3v) is 8.68. The molecule has 0 unspecified atom stereocenters. The lowest BCUT2D eigenvalue weighted by molar-refractivity contribution is -0.139. The minimum Gasteiger partial charge on any atom is -0.352 e. The van der Waals surface area contributed by atoms with Gasteiger partial charge in [-0.05, 0) is 37.8 Å². The second kappa shape index (κ2) is 14.7. The fourth-order valence-electron chi connectivity index (χ4n) is 6.75. The lowest BCUT2D eigenvalue weighted by Gasteiger charge is -2.42. The molecule has 0 fully saturated rings. The monoisotopic (exact) mass is 676 g/mol. The van der Waals surface area contributed by atoms with Crippen molar-refractivity contribution in [2.45, 2.75) is 61.3 Å². The molecule has 264 valence electrons. The van der Waals surface area contributed by atoms with Crippen molar-refractivity contribution in [2.75, 3.05) is 53.7 Å². The number of nitrogens with one attached hydrogen (secondary N) is 1. The Labute approximate surface area is 288 Å². The Hall–Kier alpha value is -4.89. The Morgan fingerprint density at radius 1 is 0.776 bits per heavy atom. The number of hydrogen-bond acceptors (Lipinski definition) is 13. The van der Waals surface area contributed by atoms with Gasteiger partial charge in [-0.25, -0.2) is 25.0 Å². The van der Waals surface area contributed by atoms with Crippen LogP contribution in [0.4, 0.5) is 0 Å². The first kappa shape index (κ1) is 35.4. The number of amides is 3. The first-order chi connectivity index (χ1) is 23.4. The number of fused-ring (bicyclic) bond motifs is 4. The van der Waals surface area contributed by atoms with Gasteiger partial charge in [-0.3, -0.25) is 24.1 Å².